The smallest absolute Gasteiger partial charge is 0.120 e. The third-order valence-electron chi connectivity index (χ3n) is 1.92. The zero-order chi connectivity index (χ0) is 9.84. The molecule has 1 aromatic carbocycles. The molecule has 0 bridgehead atoms. The number of rotatable bonds is 3. The largest absolute Gasteiger partial charge is 0.508 e. The van der Waals surface area contributed by atoms with Gasteiger partial charge in [-0.1, -0.05) is 0 Å². The lowest BCUT2D eigenvalue weighted by Crippen LogP contribution is -2.19. The van der Waals surface area contributed by atoms with E-state index >= 15 is 0 Å². The van der Waals surface area contributed by atoms with Crippen LogP contribution in [0.5, 0.6) is 5.75 Å². The van der Waals surface area contributed by atoms with E-state index in [9.17, 15) is 5.11 Å². The van der Waals surface area contributed by atoms with Gasteiger partial charge in [0.2, 0.25) is 0 Å². The van der Waals surface area contributed by atoms with Crippen molar-refractivity contribution in [2.75, 3.05) is 13.7 Å². The first-order valence-electron chi connectivity index (χ1n) is 3.99. The van der Waals surface area contributed by atoms with Crippen molar-refractivity contribution in [3.63, 3.8) is 0 Å². The van der Waals surface area contributed by atoms with Crippen LogP contribution in [0.1, 0.15) is 11.6 Å². The third kappa shape index (κ3) is 2.37. The van der Waals surface area contributed by atoms with E-state index in [0.717, 1.165) is 4.90 Å². The van der Waals surface area contributed by atoms with Gasteiger partial charge in [-0.05, 0) is 25.2 Å². The lowest BCUT2D eigenvalue weighted by Gasteiger charge is -2.15. The zero-order valence-corrected chi connectivity index (χ0v) is 8.25. The summed E-state index contributed by atoms with van der Waals surface area (Å²) in [6.45, 7) is -0.0543. The number of aliphatic hydroxyl groups excluding tert-OH is 1. The van der Waals surface area contributed by atoms with Crippen LogP contribution in [0.2, 0.25) is 0 Å². The zero-order valence-electron chi connectivity index (χ0n) is 7.36. The van der Waals surface area contributed by atoms with Gasteiger partial charge in [-0.25, -0.2) is 0 Å². The molecular weight excluding hydrogens is 186 g/mol. The standard InChI is InChI=1S/C9H13NO2S/c1-10-8(5-11)7-4-6(13)2-3-9(7)12/h2-4,8,10-13H,5H2,1H3. The predicted octanol–water partition coefficient (Wildman–Crippen LogP) is 0.934. The highest BCUT2D eigenvalue weighted by molar-refractivity contribution is 7.80. The minimum absolute atomic E-state index is 0.0543. The first-order valence-corrected chi connectivity index (χ1v) is 4.43. The second-order valence-electron chi connectivity index (χ2n) is 2.77. The van der Waals surface area contributed by atoms with Gasteiger partial charge in [0, 0.05) is 10.5 Å². The van der Waals surface area contributed by atoms with Crippen LogP contribution < -0.4 is 5.32 Å². The SMILES string of the molecule is CNC(CO)c1cc(S)ccc1O. The highest BCUT2D eigenvalue weighted by Crippen LogP contribution is 2.26. The molecule has 0 aliphatic carbocycles. The lowest BCUT2D eigenvalue weighted by molar-refractivity contribution is 0.248. The molecule has 1 aromatic rings. The fourth-order valence-corrected chi connectivity index (χ4v) is 1.38. The molecule has 0 spiro atoms. The van der Waals surface area contributed by atoms with Gasteiger partial charge in [-0.2, -0.15) is 0 Å². The van der Waals surface area contributed by atoms with Crippen molar-refractivity contribution < 1.29 is 10.2 Å². The van der Waals surface area contributed by atoms with E-state index in [1.165, 1.54) is 0 Å². The van der Waals surface area contributed by atoms with E-state index in [0.29, 0.717) is 5.56 Å². The maximum Gasteiger partial charge on any atom is 0.120 e. The second kappa shape index (κ2) is 4.50. The summed E-state index contributed by atoms with van der Waals surface area (Å²) in [6.07, 6.45) is 0. The number of hydrogen-bond acceptors (Lipinski definition) is 4. The Morgan fingerprint density at radius 1 is 1.54 bits per heavy atom. The summed E-state index contributed by atoms with van der Waals surface area (Å²) in [6, 6.07) is 4.76. The van der Waals surface area contributed by atoms with Gasteiger partial charge in [0.05, 0.1) is 12.6 Å². The summed E-state index contributed by atoms with van der Waals surface area (Å²) in [5.41, 5.74) is 0.664. The summed E-state index contributed by atoms with van der Waals surface area (Å²) in [4.78, 5) is 0.765. The van der Waals surface area contributed by atoms with E-state index in [2.05, 4.69) is 17.9 Å². The van der Waals surface area contributed by atoms with Gasteiger partial charge < -0.3 is 15.5 Å². The highest BCUT2D eigenvalue weighted by Gasteiger charge is 2.11. The van der Waals surface area contributed by atoms with Crippen LogP contribution in [0, 0.1) is 0 Å². The molecule has 0 amide bonds. The van der Waals surface area contributed by atoms with Crippen LogP contribution >= 0.6 is 12.6 Å². The van der Waals surface area contributed by atoms with Crippen LogP contribution in [-0.4, -0.2) is 23.9 Å². The van der Waals surface area contributed by atoms with Crippen molar-refractivity contribution in [3.8, 4) is 5.75 Å². The number of phenols is 1. The summed E-state index contributed by atoms with van der Waals surface area (Å²) in [5, 5.41) is 21.4. The minimum Gasteiger partial charge on any atom is -0.508 e. The molecule has 13 heavy (non-hydrogen) atoms. The Balaban J connectivity index is 3.03. The average Bonchev–Trinajstić information content (AvgIpc) is 2.13. The first-order chi connectivity index (χ1) is 6.19. The molecule has 1 rings (SSSR count). The average molecular weight is 199 g/mol. The fraction of sp³-hybridized carbons (Fsp3) is 0.333. The van der Waals surface area contributed by atoms with Gasteiger partial charge in [0.25, 0.3) is 0 Å². The summed E-state index contributed by atoms with van der Waals surface area (Å²) in [7, 11) is 1.73. The molecule has 4 heteroatoms. The second-order valence-corrected chi connectivity index (χ2v) is 3.28. The Labute approximate surface area is 82.8 Å². The van der Waals surface area contributed by atoms with E-state index in [-0.39, 0.29) is 18.4 Å². The van der Waals surface area contributed by atoms with Gasteiger partial charge >= 0.3 is 0 Å². The van der Waals surface area contributed by atoms with Gasteiger partial charge in [-0.15, -0.1) is 12.6 Å². The number of hydrogen-bond donors (Lipinski definition) is 4. The number of aromatic hydroxyl groups is 1. The molecule has 0 radical (unpaired) electrons. The summed E-state index contributed by atoms with van der Waals surface area (Å²) >= 11 is 4.15. The van der Waals surface area contributed by atoms with Crippen molar-refractivity contribution in [3.05, 3.63) is 23.8 Å². The van der Waals surface area contributed by atoms with Crippen molar-refractivity contribution >= 4 is 12.6 Å². The van der Waals surface area contributed by atoms with Crippen LogP contribution in [-0.2, 0) is 0 Å². The molecular formula is C9H13NO2S. The van der Waals surface area contributed by atoms with Crippen molar-refractivity contribution in [2.24, 2.45) is 0 Å². The van der Waals surface area contributed by atoms with E-state index < -0.39 is 0 Å². The number of benzene rings is 1. The molecule has 0 heterocycles. The van der Waals surface area contributed by atoms with E-state index in [1.807, 2.05) is 0 Å². The quantitative estimate of drug-likeness (QED) is 0.548. The molecule has 0 aromatic heterocycles. The van der Waals surface area contributed by atoms with E-state index in [1.54, 1.807) is 25.2 Å². The number of aliphatic hydroxyl groups is 1. The van der Waals surface area contributed by atoms with Gasteiger partial charge in [-0.3, -0.25) is 0 Å². The Bertz CT molecular complexity index is 287. The molecule has 0 aliphatic heterocycles. The Hall–Kier alpha value is -0.710. The monoisotopic (exact) mass is 199 g/mol. The fourth-order valence-electron chi connectivity index (χ4n) is 1.17. The molecule has 1 unspecified atom stereocenters. The van der Waals surface area contributed by atoms with Crippen molar-refractivity contribution in [2.45, 2.75) is 10.9 Å². The Morgan fingerprint density at radius 3 is 2.77 bits per heavy atom. The number of nitrogens with one attached hydrogen (secondary N) is 1. The van der Waals surface area contributed by atoms with Gasteiger partial charge in [0.1, 0.15) is 5.75 Å². The maximum absolute atomic E-state index is 9.48. The molecule has 0 saturated carbocycles. The summed E-state index contributed by atoms with van der Waals surface area (Å²) < 4.78 is 0. The third-order valence-corrected chi connectivity index (χ3v) is 2.20. The Morgan fingerprint density at radius 2 is 2.23 bits per heavy atom. The molecule has 72 valence electrons. The normalized spacial score (nSPS) is 12.8. The van der Waals surface area contributed by atoms with Crippen molar-refractivity contribution in [1.29, 1.82) is 0 Å². The molecule has 0 fully saturated rings. The topological polar surface area (TPSA) is 52.5 Å². The van der Waals surface area contributed by atoms with E-state index in [4.69, 9.17) is 5.11 Å². The highest BCUT2D eigenvalue weighted by atomic mass is 32.1. The minimum atomic E-state index is -0.243. The number of phenolic OH excluding ortho intramolecular Hbond substituents is 1. The van der Waals surface area contributed by atoms with Crippen LogP contribution in [0.25, 0.3) is 0 Å². The molecule has 3 N–H and O–H groups in total. The number of thiol groups is 1. The van der Waals surface area contributed by atoms with Crippen molar-refractivity contribution in [1.82, 2.24) is 5.32 Å². The molecule has 0 aliphatic rings. The van der Waals surface area contributed by atoms with Crippen LogP contribution in [0.4, 0.5) is 0 Å². The van der Waals surface area contributed by atoms with Crippen LogP contribution in [0.15, 0.2) is 23.1 Å². The molecule has 0 saturated heterocycles. The summed E-state index contributed by atoms with van der Waals surface area (Å²) in [5.74, 6) is 0.172. The Kier molecular flexibility index (Phi) is 3.59. The van der Waals surface area contributed by atoms with Crippen LogP contribution in [0.3, 0.4) is 0 Å². The molecule has 1 atom stereocenters. The first kappa shape index (κ1) is 10.4. The maximum atomic E-state index is 9.48. The lowest BCUT2D eigenvalue weighted by atomic mass is 10.1. The predicted molar refractivity (Wildman–Crippen MR) is 54.2 cm³/mol. The van der Waals surface area contributed by atoms with Gasteiger partial charge in [0.15, 0.2) is 0 Å². The molecule has 3 nitrogen and oxygen atoms in total. The number of likely N-dealkylation sites (N-methyl/N-ethyl adjacent to an activating group) is 1.